The van der Waals surface area contributed by atoms with Crippen LogP contribution in [-0.4, -0.2) is 41.7 Å². The van der Waals surface area contributed by atoms with E-state index in [0.29, 0.717) is 34.5 Å². The Morgan fingerprint density at radius 1 is 0.974 bits per heavy atom. The van der Waals surface area contributed by atoms with E-state index in [-0.39, 0.29) is 23.6 Å². The lowest BCUT2D eigenvalue weighted by Gasteiger charge is -2.32. The van der Waals surface area contributed by atoms with Crippen molar-refractivity contribution >= 4 is 46.8 Å². The number of benzene rings is 3. The quantitative estimate of drug-likeness (QED) is 0.250. The third-order valence-corrected chi connectivity index (χ3v) is 8.65. The molecule has 5 nitrogen and oxygen atoms in total. The molecule has 1 aliphatic carbocycles. The van der Waals surface area contributed by atoms with Gasteiger partial charge in [0.25, 0.3) is 0 Å². The summed E-state index contributed by atoms with van der Waals surface area (Å²) in [6.07, 6.45) is 4.60. The first-order chi connectivity index (χ1) is 18.9. The van der Waals surface area contributed by atoms with Crippen LogP contribution in [-0.2, 0) is 28.3 Å². The van der Waals surface area contributed by atoms with Crippen LogP contribution in [0.3, 0.4) is 0 Å². The summed E-state index contributed by atoms with van der Waals surface area (Å²) in [7, 11) is 1.62. The Morgan fingerprint density at radius 3 is 2.33 bits per heavy atom. The minimum atomic E-state index is -0.656. The molecule has 1 saturated carbocycles. The van der Waals surface area contributed by atoms with Crippen LogP contribution in [0.25, 0.3) is 0 Å². The van der Waals surface area contributed by atoms with Crippen LogP contribution in [0.1, 0.15) is 42.4 Å². The molecule has 0 aromatic heterocycles. The van der Waals surface area contributed by atoms with Gasteiger partial charge in [0, 0.05) is 34.8 Å². The zero-order valence-electron chi connectivity index (χ0n) is 22.1. The van der Waals surface area contributed by atoms with Gasteiger partial charge >= 0.3 is 0 Å². The molecule has 1 N–H and O–H groups in total. The van der Waals surface area contributed by atoms with Crippen molar-refractivity contribution in [3.05, 3.63) is 99.5 Å². The van der Waals surface area contributed by atoms with Gasteiger partial charge in [0.05, 0.1) is 12.9 Å². The number of hydrogen-bond donors (Lipinski definition) is 1. The van der Waals surface area contributed by atoms with Gasteiger partial charge in [-0.15, -0.1) is 11.8 Å². The lowest BCUT2D eigenvalue weighted by Crippen LogP contribution is -2.52. The van der Waals surface area contributed by atoms with Gasteiger partial charge < -0.3 is 15.0 Å². The third-order valence-electron chi connectivity index (χ3n) is 6.99. The highest BCUT2D eigenvalue weighted by Crippen LogP contribution is 2.29. The number of hydrogen-bond acceptors (Lipinski definition) is 4. The van der Waals surface area contributed by atoms with Crippen molar-refractivity contribution in [3.63, 3.8) is 0 Å². The Hall–Kier alpha value is -2.67. The molecular weight excluding hydrogens is 551 g/mol. The van der Waals surface area contributed by atoms with Crippen LogP contribution in [0, 0.1) is 0 Å². The molecule has 0 aliphatic heterocycles. The molecule has 3 aromatic rings. The molecule has 8 heteroatoms. The van der Waals surface area contributed by atoms with Crippen LogP contribution in [0.4, 0.5) is 0 Å². The van der Waals surface area contributed by atoms with Gasteiger partial charge in [0.1, 0.15) is 11.8 Å². The normalized spacial score (nSPS) is 14.1. The van der Waals surface area contributed by atoms with Gasteiger partial charge in [-0.05, 0) is 53.8 Å². The summed E-state index contributed by atoms with van der Waals surface area (Å²) in [6.45, 7) is 0.291. The second-order valence-electron chi connectivity index (χ2n) is 9.76. The summed E-state index contributed by atoms with van der Waals surface area (Å²) < 4.78 is 5.41. The minimum Gasteiger partial charge on any atom is -0.497 e. The topological polar surface area (TPSA) is 58.6 Å². The number of nitrogens with zero attached hydrogens (tertiary/aromatic N) is 1. The maximum absolute atomic E-state index is 13.9. The molecule has 1 aliphatic rings. The van der Waals surface area contributed by atoms with Crippen molar-refractivity contribution in [2.24, 2.45) is 0 Å². The molecule has 3 aromatic carbocycles. The SMILES string of the molecule is COc1cccc(CN(C(=O)CSCc2c(Cl)cccc2Cl)C(Cc2ccccc2)C(=O)NC2CCCC2)c1. The number of carbonyl (C=O) groups excluding carboxylic acids is 2. The standard InChI is InChI=1S/C31H34Cl2N2O3S/c1-38-25-14-7-11-23(17-25)19-35(30(36)21-39-20-26-27(32)15-8-16-28(26)33)29(18-22-9-3-2-4-10-22)31(37)34-24-12-5-6-13-24/h2-4,7-11,14-17,24,29H,5-6,12-13,18-21H2,1H3,(H,34,37). The molecule has 0 bridgehead atoms. The average molecular weight is 586 g/mol. The first-order valence-electron chi connectivity index (χ1n) is 13.2. The monoisotopic (exact) mass is 584 g/mol. The van der Waals surface area contributed by atoms with E-state index in [1.165, 1.54) is 11.8 Å². The fraction of sp³-hybridized carbons (Fsp3) is 0.355. The van der Waals surface area contributed by atoms with Gasteiger partial charge in [0.15, 0.2) is 0 Å². The maximum Gasteiger partial charge on any atom is 0.243 e. The summed E-state index contributed by atoms with van der Waals surface area (Å²) >= 11 is 14.1. The highest BCUT2D eigenvalue weighted by atomic mass is 35.5. The van der Waals surface area contributed by atoms with E-state index >= 15 is 0 Å². The van der Waals surface area contributed by atoms with Gasteiger partial charge in [-0.2, -0.15) is 0 Å². The highest BCUT2D eigenvalue weighted by Gasteiger charge is 2.32. The second kappa shape index (κ2) is 14.6. The summed E-state index contributed by atoms with van der Waals surface area (Å²) in [4.78, 5) is 29.4. The molecule has 1 unspecified atom stereocenters. The number of halogens is 2. The van der Waals surface area contributed by atoms with Crippen LogP contribution in [0.15, 0.2) is 72.8 Å². The van der Waals surface area contributed by atoms with Crippen molar-refractivity contribution in [2.45, 2.75) is 56.5 Å². The molecule has 39 heavy (non-hydrogen) atoms. The molecule has 0 saturated heterocycles. The number of amides is 2. The molecule has 1 fully saturated rings. The van der Waals surface area contributed by atoms with Crippen LogP contribution in [0.2, 0.25) is 10.0 Å². The Labute approximate surface area is 245 Å². The smallest absolute Gasteiger partial charge is 0.243 e. The largest absolute Gasteiger partial charge is 0.497 e. The summed E-state index contributed by atoms with van der Waals surface area (Å²) in [6, 6.07) is 22.4. The van der Waals surface area contributed by atoms with Crippen LogP contribution in [0.5, 0.6) is 5.75 Å². The Morgan fingerprint density at radius 2 is 1.64 bits per heavy atom. The van der Waals surface area contributed by atoms with E-state index in [9.17, 15) is 9.59 Å². The molecule has 2 amide bonds. The zero-order chi connectivity index (χ0) is 27.6. The maximum atomic E-state index is 13.9. The van der Waals surface area contributed by atoms with Gasteiger partial charge in [0.2, 0.25) is 11.8 Å². The molecular formula is C31H34Cl2N2O3S. The highest BCUT2D eigenvalue weighted by molar-refractivity contribution is 7.99. The van der Waals surface area contributed by atoms with E-state index in [2.05, 4.69) is 5.32 Å². The second-order valence-corrected chi connectivity index (χ2v) is 11.6. The lowest BCUT2D eigenvalue weighted by atomic mass is 10.0. The fourth-order valence-electron chi connectivity index (χ4n) is 4.88. The molecule has 0 heterocycles. The molecule has 1 atom stereocenters. The summed E-state index contributed by atoms with van der Waals surface area (Å²) in [5, 5.41) is 4.40. The van der Waals surface area contributed by atoms with Gasteiger partial charge in [-0.25, -0.2) is 0 Å². The van der Waals surface area contributed by atoms with E-state index < -0.39 is 6.04 Å². The number of rotatable bonds is 12. The van der Waals surface area contributed by atoms with E-state index in [0.717, 1.165) is 42.4 Å². The van der Waals surface area contributed by atoms with Crippen molar-refractivity contribution in [1.29, 1.82) is 0 Å². The number of thioether (sulfide) groups is 1. The van der Waals surface area contributed by atoms with E-state index in [4.69, 9.17) is 27.9 Å². The first-order valence-corrected chi connectivity index (χ1v) is 15.1. The Bertz CT molecular complexity index is 1230. The van der Waals surface area contributed by atoms with Crippen molar-refractivity contribution < 1.29 is 14.3 Å². The van der Waals surface area contributed by atoms with Gasteiger partial charge in [-0.1, -0.05) is 84.6 Å². The predicted octanol–water partition coefficient (Wildman–Crippen LogP) is 6.93. The summed E-state index contributed by atoms with van der Waals surface area (Å²) in [5.74, 6) is 1.16. The predicted molar refractivity (Wildman–Crippen MR) is 161 cm³/mol. The number of ether oxygens (including phenoxy) is 1. The molecule has 0 radical (unpaired) electrons. The lowest BCUT2D eigenvalue weighted by molar-refractivity contribution is -0.139. The number of nitrogens with one attached hydrogen (secondary N) is 1. The first kappa shape index (κ1) is 29.3. The minimum absolute atomic E-state index is 0.110. The zero-order valence-corrected chi connectivity index (χ0v) is 24.4. The molecule has 4 rings (SSSR count). The van der Waals surface area contributed by atoms with Crippen LogP contribution >= 0.6 is 35.0 Å². The number of carbonyl (C=O) groups is 2. The molecule has 206 valence electrons. The Kier molecular flexibility index (Phi) is 11.0. The van der Waals surface area contributed by atoms with E-state index in [1.807, 2.05) is 54.6 Å². The van der Waals surface area contributed by atoms with Crippen molar-refractivity contribution in [3.8, 4) is 5.75 Å². The van der Waals surface area contributed by atoms with E-state index in [1.54, 1.807) is 30.2 Å². The number of methoxy groups -OCH3 is 1. The fourth-order valence-corrected chi connectivity index (χ4v) is 6.53. The van der Waals surface area contributed by atoms with Crippen molar-refractivity contribution in [2.75, 3.05) is 12.9 Å². The average Bonchev–Trinajstić information content (AvgIpc) is 3.46. The third kappa shape index (κ3) is 8.41. The summed E-state index contributed by atoms with van der Waals surface area (Å²) in [5.41, 5.74) is 2.70. The van der Waals surface area contributed by atoms with Gasteiger partial charge in [-0.3, -0.25) is 9.59 Å². The molecule has 0 spiro atoms. The van der Waals surface area contributed by atoms with Crippen LogP contribution < -0.4 is 10.1 Å². The Balaban J connectivity index is 1.59. The van der Waals surface area contributed by atoms with Crippen molar-refractivity contribution in [1.82, 2.24) is 10.2 Å².